The van der Waals surface area contributed by atoms with Crippen LogP contribution in [0.1, 0.15) is 61.3 Å². The number of ketones is 1. The van der Waals surface area contributed by atoms with Crippen molar-refractivity contribution in [2.24, 2.45) is 11.8 Å². The minimum absolute atomic E-state index is 0.00196. The highest BCUT2D eigenvalue weighted by Crippen LogP contribution is 2.47. The Bertz CT molecular complexity index is 1250. The third-order valence-corrected chi connectivity index (χ3v) is 7.21. The normalized spacial score (nSPS) is 23.2. The van der Waals surface area contributed by atoms with Crippen LogP contribution < -0.4 is 0 Å². The summed E-state index contributed by atoms with van der Waals surface area (Å²) < 4.78 is 11.2. The Kier molecular flexibility index (Phi) is 8.42. The van der Waals surface area contributed by atoms with Crippen molar-refractivity contribution in [3.8, 4) is 0 Å². The molecule has 4 atom stereocenters. The molecule has 0 aromatic heterocycles. The molecule has 1 aliphatic rings. The van der Waals surface area contributed by atoms with Crippen molar-refractivity contribution in [1.29, 1.82) is 0 Å². The van der Waals surface area contributed by atoms with Crippen LogP contribution in [0.4, 0.5) is 0 Å². The van der Waals surface area contributed by atoms with Gasteiger partial charge in [0.1, 0.15) is 19.1 Å². The first kappa shape index (κ1) is 27.3. The molecule has 1 aliphatic carbocycles. The van der Waals surface area contributed by atoms with Crippen molar-refractivity contribution in [1.82, 2.24) is 0 Å². The van der Waals surface area contributed by atoms with Gasteiger partial charge in [-0.05, 0) is 35.1 Å². The van der Waals surface area contributed by atoms with Gasteiger partial charge in [-0.1, -0.05) is 98.8 Å². The molecule has 4 rings (SSSR count). The van der Waals surface area contributed by atoms with Gasteiger partial charge < -0.3 is 14.6 Å². The number of ether oxygens (including phenoxy) is 2. The van der Waals surface area contributed by atoms with E-state index in [2.05, 4.69) is 13.8 Å². The maximum Gasteiger partial charge on any atom is 0.317 e. The molecule has 0 bridgehead atoms. The van der Waals surface area contributed by atoms with Crippen LogP contribution >= 0.6 is 0 Å². The Morgan fingerprint density at radius 3 is 1.84 bits per heavy atom. The molecule has 0 unspecified atom stereocenters. The number of hydrogen-bond donors (Lipinski definition) is 1. The molecule has 0 amide bonds. The van der Waals surface area contributed by atoms with Crippen molar-refractivity contribution in [2.45, 2.75) is 57.8 Å². The van der Waals surface area contributed by atoms with Crippen LogP contribution in [0, 0.1) is 11.8 Å². The maximum atomic E-state index is 13.6. The first-order chi connectivity index (χ1) is 18.2. The molecule has 1 fully saturated rings. The summed E-state index contributed by atoms with van der Waals surface area (Å²) in [4.78, 5) is 40.3. The van der Waals surface area contributed by atoms with E-state index in [9.17, 15) is 19.5 Å². The lowest BCUT2D eigenvalue weighted by Crippen LogP contribution is -2.55. The van der Waals surface area contributed by atoms with E-state index >= 15 is 0 Å². The molecule has 3 aromatic carbocycles. The Morgan fingerprint density at radius 1 is 0.842 bits per heavy atom. The van der Waals surface area contributed by atoms with Crippen molar-refractivity contribution in [2.75, 3.05) is 0 Å². The average Bonchev–Trinajstić information content (AvgIpc) is 2.90. The topological polar surface area (TPSA) is 89.9 Å². The van der Waals surface area contributed by atoms with Gasteiger partial charge in [0.05, 0.1) is 11.5 Å². The van der Waals surface area contributed by atoms with Crippen LogP contribution in [-0.4, -0.2) is 28.4 Å². The second kappa shape index (κ2) is 11.7. The number of hydrogen-bond acceptors (Lipinski definition) is 6. The first-order valence-corrected chi connectivity index (χ1v) is 12.9. The zero-order valence-corrected chi connectivity index (χ0v) is 22.0. The number of esters is 2. The number of benzene rings is 3. The number of Topliss-reactive ketones (excluding diaryl/α,β-unsaturated/α-hetero) is 1. The van der Waals surface area contributed by atoms with Gasteiger partial charge in [-0.15, -0.1) is 0 Å². The zero-order valence-electron chi connectivity index (χ0n) is 22.0. The lowest BCUT2D eigenvalue weighted by molar-refractivity contribution is -0.174. The van der Waals surface area contributed by atoms with E-state index in [1.54, 1.807) is 0 Å². The molecular weight excluding hydrogens is 480 g/mol. The summed E-state index contributed by atoms with van der Waals surface area (Å²) in [5.41, 5.74) is 1.56. The molecule has 0 radical (unpaired) electrons. The second-order valence-corrected chi connectivity index (χ2v) is 10.5. The SMILES string of the molecule is CC(C)c1ccc([C@@H]2[C@H](C(=O)OCc3ccccc3)C(=O)C[C@@](C)(O)[C@H]2C(=O)OCc2ccccc2)cc1. The highest BCUT2D eigenvalue weighted by molar-refractivity contribution is 6.02. The molecule has 38 heavy (non-hydrogen) atoms. The summed E-state index contributed by atoms with van der Waals surface area (Å²) in [6, 6.07) is 25.9. The summed E-state index contributed by atoms with van der Waals surface area (Å²) in [6.07, 6.45) is -0.357. The van der Waals surface area contributed by atoms with Crippen LogP contribution in [0.3, 0.4) is 0 Å². The molecule has 0 saturated heterocycles. The van der Waals surface area contributed by atoms with Crippen molar-refractivity contribution in [3.05, 3.63) is 107 Å². The molecule has 0 aliphatic heterocycles. The molecule has 6 nitrogen and oxygen atoms in total. The van der Waals surface area contributed by atoms with E-state index in [1.807, 2.05) is 84.9 Å². The Labute approximate surface area is 223 Å². The van der Waals surface area contributed by atoms with Gasteiger partial charge in [-0.25, -0.2) is 0 Å². The molecule has 6 heteroatoms. The van der Waals surface area contributed by atoms with E-state index in [-0.39, 0.29) is 25.6 Å². The fourth-order valence-electron chi connectivity index (χ4n) is 5.16. The standard InChI is InChI=1S/C32H34O6/c1-21(2)24-14-16-25(17-15-24)27-28(30(34)37-19-22-10-6-4-7-11-22)26(33)18-32(3,36)29(27)31(35)38-20-23-12-8-5-9-13-23/h4-17,21,27-29,36H,18-20H2,1-3H3/t27-,28-,29-,32-/m1/s1. The highest BCUT2D eigenvalue weighted by atomic mass is 16.5. The van der Waals surface area contributed by atoms with E-state index in [0.29, 0.717) is 5.56 Å². The number of carbonyl (C=O) groups excluding carboxylic acids is 3. The summed E-state index contributed by atoms with van der Waals surface area (Å²) in [6.45, 7) is 5.61. The van der Waals surface area contributed by atoms with Gasteiger partial charge in [0.2, 0.25) is 0 Å². The maximum absolute atomic E-state index is 13.6. The van der Waals surface area contributed by atoms with Crippen LogP contribution in [0.2, 0.25) is 0 Å². The van der Waals surface area contributed by atoms with Gasteiger partial charge in [0.25, 0.3) is 0 Å². The van der Waals surface area contributed by atoms with E-state index in [4.69, 9.17) is 9.47 Å². The van der Waals surface area contributed by atoms with E-state index in [0.717, 1.165) is 16.7 Å². The minimum Gasteiger partial charge on any atom is -0.461 e. The van der Waals surface area contributed by atoms with Crippen molar-refractivity contribution < 1.29 is 29.0 Å². The predicted molar refractivity (Wildman–Crippen MR) is 143 cm³/mol. The van der Waals surface area contributed by atoms with Gasteiger partial charge in [-0.3, -0.25) is 14.4 Å². The summed E-state index contributed by atoms with van der Waals surface area (Å²) in [7, 11) is 0. The summed E-state index contributed by atoms with van der Waals surface area (Å²) in [5.74, 6) is -4.91. The number of aliphatic hydroxyl groups is 1. The number of carbonyl (C=O) groups is 3. The Morgan fingerprint density at radius 2 is 1.34 bits per heavy atom. The molecule has 0 spiro atoms. The molecule has 1 N–H and O–H groups in total. The lowest BCUT2D eigenvalue weighted by atomic mass is 9.61. The molecule has 0 heterocycles. The quantitative estimate of drug-likeness (QED) is 0.323. The van der Waals surface area contributed by atoms with Gasteiger partial charge in [0, 0.05) is 12.3 Å². The van der Waals surface area contributed by atoms with Crippen LogP contribution in [0.5, 0.6) is 0 Å². The largest absolute Gasteiger partial charge is 0.461 e. The summed E-state index contributed by atoms with van der Waals surface area (Å²) >= 11 is 0. The number of rotatable bonds is 8. The van der Waals surface area contributed by atoms with E-state index in [1.165, 1.54) is 6.92 Å². The fraction of sp³-hybridized carbons (Fsp3) is 0.344. The minimum atomic E-state index is -1.71. The second-order valence-electron chi connectivity index (χ2n) is 10.5. The third kappa shape index (κ3) is 6.20. The third-order valence-electron chi connectivity index (χ3n) is 7.21. The predicted octanol–water partition coefficient (Wildman–Crippen LogP) is 5.34. The monoisotopic (exact) mass is 514 g/mol. The smallest absolute Gasteiger partial charge is 0.317 e. The molecule has 3 aromatic rings. The molecule has 198 valence electrons. The van der Waals surface area contributed by atoms with Crippen LogP contribution in [0.25, 0.3) is 0 Å². The van der Waals surface area contributed by atoms with E-state index < -0.39 is 41.1 Å². The Hall–Kier alpha value is -3.77. The van der Waals surface area contributed by atoms with Gasteiger partial charge in [0.15, 0.2) is 5.78 Å². The first-order valence-electron chi connectivity index (χ1n) is 12.9. The molecule has 1 saturated carbocycles. The van der Waals surface area contributed by atoms with Crippen molar-refractivity contribution >= 4 is 17.7 Å². The average molecular weight is 515 g/mol. The van der Waals surface area contributed by atoms with Gasteiger partial charge in [-0.2, -0.15) is 0 Å². The zero-order chi connectivity index (χ0) is 27.3. The van der Waals surface area contributed by atoms with Crippen LogP contribution in [-0.2, 0) is 37.1 Å². The fourth-order valence-corrected chi connectivity index (χ4v) is 5.16. The highest BCUT2D eigenvalue weighted by Gasteiger charge is 2.57. The van der Waals surface area contributed by atoms with Crippen molar-refractivity contribution in [3.63, 3.8) is 0 Å². The van der Waals surface area contributed by atoms with Gasteiger partial charge >= 0.3 is 11.9 Å². The summed E-state index contributed by atoms with van der Waals surface area (Å²) in [5, 5.41) is 11.4. The Balaban J connectivity index is 1.68. The lowest BCUT2D eigenvalue weighted by Gasteiger charge is -2.43. The molecular formula is C32H34O6. The van der Waals surface area contributed by atoms with Crippen LogP contribution in [0.15, 0.2) is 84.9 Å².